The van der Waals surface area contributed by atoms with E-state index in [-0.39, 0.29) is 48.0 Å². The van der Waals surface area contributed by atoms with Crippen molar-refractivity contribution in [3.05, 3.63) is 35.4 Å². The number of likely N-dealkylation sites (N-methyl/N-ethyl adjacent to an activating group) is 2. The largest absolute Gasteiger partial charge is 1.00 e. The van der Waals surface area contributed by atoms with Crippen molar-refractivity contribution in [3.8, 4) is 0 Å². The molecule has 2 aliphatic heterocycles. The van der Waals surface area contributed by atoms with Crippen LogP contribution in [0.1, 0.15) is 30.8 Å². The lowest BCUT2D eigenvalue weighted by atomic mass is 9.81. The van der Waals surface area contributed by atoms with Gasteiger partial charge in [-0.1, -0.05) is 0 Å². The Hall–Kier alpha value is 1.25. The van der Waals surface area contributed by atoms with E-state index < -0.39 is 6.82 Å². The van der Waals surface area contributed by atoms with E-state index in [1.165, 1.54) is 41.1 Å². The molecule has 0 unspecified atom stereocenters. The van der Waals surface area contributed by atoms with Gasteiger partial charge >= 0.3 is 6.82 Å². The molecule has 0 amide bonds. The summed E-state index contributed by atoms with van der Waals surface area (Å²) in [4.78, 5) is 0. The number of fused-ring (bicyclic) bond motifs is 2. The normalized spacial score (nSPS) is 17.2. The SMILES string of the molecule is CC1=C(I)C(C)=[N+]2C1=Cc1c(C)c(I)c(C)n1[B-]2(OCC[N+](C)(C)C)OCC[N+](C)(C)C.[I-].[I-]. The minimum atomic E-state index is -1.95. The van der Waals surface area contributed by atoms with Crippen molar-refractivity contribution in [3.63, 3.8) is 0 Å². The summed E-state index contributed by atoms with van der Waals surface area (Å²) < 4.78 is 22.8. The summed E-state index contributed by atoms with van der Waals surface area (Å²) in [5.74, 6) is 0. The van der Waals surface area contributed by atoms with E-state index in [1.807, 2.05) is 0 Å². The second kappa shape index (κ2) is 12.0. The maximum atomic E-state index is 6.93. The lowest BCUT2D eigenvalue weighted by Crippen LogP contribution is -3.00. The van der Waals surface area contributed by atoms with Gasteiger partial charge in [0.25, 0.3) is 0 Å². The fourth-order valence-corrected chi connectivity index (χ4v) is 5.52. The van der Waals surface area contributed by atoms with Crippen molar-refractivity contribution in [2.24, 2.45) is 0 Å². The monoisotopic (exact) mass is 922 g/mol. The fourth-order valence-electron chi connectivity index (χ4n) is 4.45. The number of allylic oxidation sites excluding steroid dienone is 2. The zero-order valence-electron chi connectivity index (χ0n) is 22.1. The van der Waals surface area contributed by atoms with Crippen LogP contribution in [0.15, 0.2) is 14.8 Å². The number of hydrogen-bond donors (Lipinski definition) is 0. The van der Waals surface area contributed by atoms with Gasteiger partial charge in [-0.25, -0.2) is 0 Å². The van der Waals surface area contributed by atoms with E-state index >= 15 is 0 Å². The molecule has 3 rings (SSSR count). The van der Waals surface area contributed by atoms with E-state index in [2.05, 4.69) is 130 Å². The first-order chi connectivity index (χ1) is 14.6. The maximum Gasteiger partial charge on any atom is 0.666 e. The second-order valence-corrected chi connectivity index (χ2v) is 13.3. The summed E-state index contributed by atoms with van der Waals surface area (Å²) >= 11 is 4.94. The van der Waals surface area contributed by atoms with Crippen LogP contribution < -0.4 is 48.0 Å². The molecule has 0 atom stereocenters. The topological polar surface area (TPSA) is 26.4 Å². The van der Waals surface area contributed by atoms with Crippen LogP contribution in [0.25, 0.3) is 6.08 Å². The van der Waals surface area contributed by atoms with Gasteiger partial charge in [0.1, 0.15) is 5.71 Å². The number of aromatic nitrogens is 1. The molecule has 1 aromatic rings. The minimum absolute atomic E-state index is 0. The van der Waals surface area contributed by atoms with Crippen LogP contribution in [0.2, 0.25) is 0 Å². The molecule has 0 saturated carbocycles. The first kappa shape index (κ1) is 33.3. The van der Waals surface area contributed by atoms with Crippen molar-refractivity contribution in [1.29, 1.82) is 0 Å². The van der Waals surface area contributed by atoms with Crippen molar-refractivity contribution in [2.75, 3.05) is 68.6 Å². The highest BCUT2D eigenvalue weighted by molar-refractivity contribution is 14.1. The van der Waals surface area contributed by atoms with E-state index in [9.17, 15) is 0 Å². The van der Waals surface area contributed by atoms with Gasteiger partial charge in [-0.05, 0) is 77.2 Å². The summed E-state index contributed by atoms with van der Waals surface area (Å²) in [6, 6.07) is 0. The van der Waals surface area contributed by atoms with Gasteiger partial charge in [0.2, 0.25) is 0 Å². The molecule has 0 N–H and O–H groups in total. The number of quaternary nitrogens is 2. The van der Waals surface area contributed by atoms with E-state index in [0.29, 0.717) is 13.2 Å². The molecule has 0 aromatic carbocycles. The highest BCUT2D eigenvalue weighted by atomic mass is 127. The molecule has 1 aromatic heterocycles. The smallest absolute Gasteiger partial charge is 0.666 e. The van der Waals surface area contributed by atoms with Crippen molar-refractivity contribution >= 4 is 63.8 Å². The van der Waals surface area contributed by atoms with Crippen LogP contribution in [0, 0.1) is 17.4 Å². The van der Waals surface area contributed by atoms with Gasteiger partial charge in [-0.2, -0.15) is 0 Å². The summed E-state index contributed by atoms with van der Waals surface area (Å²) in [7, 11) is 13.2. The molecule has 3 heterocycles. The van der Waals surface area contributed by atoms with Crippen LogP contribution in [-0.2, 0) is 9.31 Å². The quantitative estimate of drug-likeness (QED) is 0.172. The van der Waals surface area contributed by atoms with E-state index in [4.69, 9.17) is 9.31 Å². The highest BCUT2D eigenvalue weighted by Crippen LogP contribution is 2.41. The highest BCUT2D eigenvalue weighted by Gasteiger charge is 2.56. The average Bonchev–Trinajstić information content (AvgIpc) is 3.01. The molecule has 11 heteroatoms. The molecule has 0 fully saturated rings. The Morgan fingerprint density at radius 3 is 1.79 bits per heavy atom. The predicted molar refractivity (Wildman–Crippen MR) is 151 cm³/mol. The summed E-state index contributed by atoms with van der Waals surface area (Å²) in [5, 5.41) is 0. The standard InChI is InChI=1S/C23H39BI2N4O2.2HI/c1-16-20-15-21-17(2)23(26)19(4)28(21)24(27(20)18(3)22(16)25,31-13-11-29(5,6)7)32-14-12-30(8,9)10;;/h15H,11-14H2,1-10H3;2*1H/q+2;;/p-2. The van der Waals surface area contributed by atoms with Gasteiger partial charge < -0.3 is 75.2 Å². The Balaban J connectivity index is 0.00000289. The van der Waals surface area contributed by atoms with Crippen LogP contribution in [0.4, 0.5) is 0 Å². The third-order valence-corrected chi connectivity index (χ3v) is 9.60. The van der Waals surface area contributed by atoms with Crippen molar-refractivity contribution < 1.29 is 70.7 Å². The van der Waals surface area contributed by atoms with Gasteiger partial charge in [-0.3, -0.25) is 0 Å². The second-order valence-electron chi connectivity index (χ2n) is 11.1. The molecule has 34 heavy (non-hydrogen) atoms. The van der Waals surface area contributed by atoms with E-state index in [0.717, 1.165) is 22.1 Å². The van der Waals surface area contributed by atoms with Crippen molar-refractivity contribution in [1.82, 2.24) is 4.48 Å². The Morgan fingerprint density at radius 2 is 1.35 bits per heavy atom. The molecule has 0 radical (unpaired) electrons. The summed E-state index contributed by atoms with van der Waals surface area (Å²) in [6.07, 6.45) is 2.32. The average molecular weight is 922 g/mol. The van der Waals surface area contributed by atoms with Gasteiger partial charge in [0.05, 0.1) is 72.2 Å². The molecule has 2 aliphatic rings. The Bertz CT molecular complexity index is 1010. The number of rotatable bonds is 8. The van der Waals surface area contributed by atoms with Gasteiger partial charge in [0.15, 0.2) is 5.70 Å². The van der Waals surface area contributed by atoms with E-state index in [1.54, 1.807) is 0 Å². The van der Waals surface area contributed by atoms with Crippen LogP contribution in [0.5, 0.6) is 0 Å². The molecule has 0 saturated heterocycles. The minimum Gasteiger partial charge on any atom is -1.00 e. The van der Waals surface area contributed by atoms with Gasteiger partial charge in [0, 0.05) is 27.8 Å². The molecule has 6 nitrogen and oxygen atoms in total. The molecule has 194 valence electrons. The number of nitrogens with zero attached hydrogens (tertiary/aromatic N) is 4. The first-order valence-electron chi connectivity index (χ1n) is 11.2. The Kier molecular flexibility index (Phi) is 11.7. The molecule has 0 aliphatic carbocycles. The fraction of sp³-hybridized carbons (Fsp3) is 0.609. The molecular weight excluding hydrogens is 883 g/mol. The Labute approximate surface area is 267 Å². The number of halogens is 4. The zero-order chi connectivity index (χ0) is 24.2. The van der Waals surface area contributed by atoms with Crippen LogP contribution in [-0.4, -0.2) is 99.1 Å². The Morgan fingerprint density at radius 1 is 0.882 bits per heavy atom. The number of hydrogen-bond acceptors (Lipinski definition) is 2. The molecule has 0 spiro atoms. The molecule has 0 bridgehead atoms. The summed E-state index contributed by atoms with van der Waals surface area (Å²) in [6.45, 7) is 9.90. The summed E-state index contributed by atoms with van der Waals surface area (Å²) in [5.41, 5.74) is 7.39. The molecular formula is C23H39BI4N4O2. The maximum absolute atomic E-state index is 6.93. The third kappa shape index (κ3) is 6.45. The first-order valence-corrected chi connectivity index (χ1v) is 13.4. The predicted octanol–water partition coefficient (Wildman–Crippen LogP) is -2.00. The van der Waals surface area contributed by atoms with Gasteiger partial charge in [-0.15, -0.1) is 0 Å². The lowest BCUT2D eigenvalue weighted by molar-refractivity contribution is -0.871. The lowest BCUT2D eigenvalue weighted by Gasteiger charge is -2.42. The van der Waals surface area contributed by atoms with Crippen molar-refractivity contribution in [2.45, 2.75) is 27.7 Å². The zero-order valence-corrected chi connectivity index (χ0v) is 30.7. The third-order valence-electron chi connectivity index (χ3n) is 6.42. The van der Waals surface area contributed by atoms with Crippen LogP contribution in [0.3, 0.4) is 0 Å². The van der Waals surface area contributed by atoms with Crippen LogP contribution >= 0.6 is 45.2 Å².